The summed E-state index contributed by atoms with van der Waals surface area (Å²) < 4.78 is 5.23. The van der Waals surface area contributed by atoms with Crippen molar-refractivity contribution in [1.82, 2.24) is 10.3 Å². The van der Waals surface area contributed by atoms with Gasteiger partial charge in [-0.2, -0.15) is 0 Å². The van der Waals surface area contributed by atoms with Crippen molar-refractivity contribution in [2.45, 2.75) is 6.04 Å². The first-order valence-corrected chi connectivity index (χ1v) is 5.94. The van der Waals surface area contributed by atoms with Crippen LogP contribution in [-0.4, -0.2) is 29.7 Å². The number of rotatable bonds is 5. The van der Waals surface area contributed by atoms with E-state index in [1.54, 1.807) is 31.5 Å². The minimum absolute atomic E-state index is 0.202. The predicted molar refractivity (Wildman–Crippen MR) is 71.1 cm³/mol. The molecule has 0 saturated carbocycles. The maximum absolute atomic E-state index is 12.0. The van der Waals surface area contributed by atoms with Crippen LogP contribution in [0.4, 0.5) is 0 Å². The molecule has 1 unspecified atom stereocenters. The number of carbonyl (C=O) groups excluding carboxylic acids is 1. The summed E-state index contributed by atoms with van der Waals surface area (Å²) in [6, 6.07) is 10.2. The maximum atomic E-state index is 12.0. The highest BCUT2D eigenvalue weighted by atomic mass is 16.5. The lowest BCUT2D eigenvalue weighted by Gasteiger charge is -2.18. The van der Waals surface area contributed by atoms with Crippen molar-refractivity contribution in [3.8, 4) is 5.75 Å². The van der Waals surface area contributed by atoms with Crippen molar-refractivity contribution in [3.63, 3.8) is 0 Å². The van der Waals surface area contributed by atoms with Crippen LogP contribution < -0.4 is 10.1 Å². The van der Waals surface area contributed by atoms with E-state index < -0.39 is 6.04 Å². The molecule has 2 rings (SSSR count). The third-order valence-electron chi connectivity index (χ3n) is 2.84. The highest BCUT2D eigenvalue weighted by molar-refractivity contribution is 5.92. The zero-order valence-corrected chi connectivity index (χ0v) is 10.6. The van der Waals surface area contributed by atoms with Crippen LogP contribution in [0.2, 0.25) is 0 Å². The number of aromatic nitrogens is 1. The minimum Gasteiger partial charge on any atom is -0.496 e. The second-order valence-corrected chi connectivity index (χ2v) is 4.03. The van der Waals surface area contributed by atoms with Gasteiger partial charge in [-0.15, -0.1) is 0 Å². The molecule has 0 bridgehead atoms. The Morgan fingerprint density at radius 1 is 1.37 bits per heavy atom. The van der Waals surface area contributed by atoms with Crippen molar-refractivity contribution in [3.05, 3.63) is 53.9 Å². The molecule has 19 heavy (non-hydrogen) atoms. The Hall–Kier alpha value is -2.27. The molecule has 0 radical (unpaired) electrons. The van der Waals surface area contributed by atoms with Crippen LogP contribution in [0, 0.1) is 0 Å². The molecular formula is C14H16N2O3. The highest BCUT2D eigenvalue weighted by Crippen LogP contribution is 2.24. The van der Waals surface area contributed by atoms with Gasteiger partial charge in [-0.3, -0.25) is 4.79 Å². The lowest BCUT2D eigenvalue weighted by atomic mass is 10.1. The molecule has 5 nitrogen and oxygen atoms in total. The molecule has 0 aliphatic heterocycles. The summed E-state index contributed by atoms with van der Waals surface area (Å²) in [6.07, 6.45) is 1.67. The summed E-state index contributed by atoms with van der Waals surface area (Å²) in [6.45, 7) is -0.202. The fraction of sp³-hybridized carbons (Fsp3) is 0.214. The number of benzene rings is 1. The molecule has 1 atom stereocenters. The van der Waals surface area contributed by atoms with Gasteiger partial charge in [0, 0.05) is 11.8 Å². The molecular weight excluding hydrogens is 244 g/mol. The number of ether oxygens (including phenoxy) is 1. The summed E-state index contributed by atoms with van der Waals surface area (Å²) in [7, 11) is 1.56. The zero-order valence-electron chi connectivity index (χ0n) is 10.6. The number of amides is 1. The first kappa shape index (κ1) is 13.2. The number of para-hydroxylation sites is 1. The number of aliphatic hydroxyl groups excluding tert-OH is 1. The van der Waals surface area contributed by atoms with Crippen LogP contribution in [0.5, 0.6) is 5.75 Å². The third-order valence-corrected chi connectivity index (χ3v) is 2.84. The highest BCUT2D eigenvalue weighted by Gasteiger charge is 2.18. The quantitative estimate of drug-likeness (QED) is 0.762. The lowest BCUT2D eigenvalue weighted by Crippen LogP contribution is -2.31. The van der Waals surface area contributed by atoms with Gasteiger partial charge in [-0.05, 0) is 18.2 Å². The molecule has 0 aliphatic carbocycles. The molecule has 5 heteroatoms. The second kappa shape index (κ2) is 6.06. The molecule has 0 spiro atoms. The monoisotopic (exact) mass is 260 g/mol. The van der Waals surface area contributed by atoms with Crippen LogP contribution in [0.1, 0.15) is 22.1 Å². The fourth-order valence-electron chi connectivity index (χ4n) is 1.88. The molecule has 0 saturated heterocycles. The average Bonchev–Trinajstić information content (AvgIpc) is 2.98. The first-order valence-electron chi connectivity index (χ1n) is 5.94. The van der Waals surface area contributed by atoms with Crippen molar-refractivity contribution in [2.24, 2.45) is 0 Å². The number of H-pyrrole nitrogens is 1. The van der Waals surface area contributed by atoms with Gasteiger partial charge in [0.2, 0.25) is 0 Å². The van der Waals surface area contributed by atoms with E-state index in [1.807, 2.05) is 18.2 Å². The van der Waals surface area contributed by atoms with E-state index in [-0.39, 0.29) is 12.5 Å². The van der Waals surface area contributed by atoms with Gasteiger partial charge in [0.05, 0.1) is 19.8 Å². The van der Waals surface area contributed by atoms with E-state index in [0.29, 0.717) is 11.4 Å². The number of hydrogen-bond acceptors (Lipinski definition) is 3. The van der Waals surface area contributed by atoms with Gasteiger partial charge in [-0.1, -0.05) is 18.2 Å². The van der Waals surface area contributed by atoms with Crippen molar-refractivity contribution in [2.75, 3.05) is 13.7 Å². The number of nitrogens with one attached hydrogen (secondary N) is 2. The molecule has 1 amide bonds. The maximum Gasteiger partial charge on any atom is 0.268 e. The summed E-state index contributed by atoms with van der Waals surface area (Å²) in [5.74, 6) is 0.364. The Kier molecular flexibility index (Phi) is 4.20. The number of aliphatic hydroxyl groups is 1. The van der Waals surface area contributed by atoms with Crippen molar-refractivity contribution < 1.29 is 14.6 Å². The summed E-state index contributed by atoms with van der Waals surface area (Å²) in [4.78, 5) is 14.8. The molecule has 0 aliphatic rings. The van der Waals surface area contributed by atoms with Gasteiger partial charge in [0.25, 0.3) is 5.91 Å². The van der Waals surface area contributed by atoms with E-state index in [4.69, 9.17) is 4.74 Å². The van der Waals surface area contributed by atoms with Crippen LogP contribution in [-0.2, 0) is 0 Å². The molecule has 2 aromatic rings. The largest absolute Gasteiger partial charge is 0.496 e. The molecule has 1 heterocycles. The van der Waals surface area contributed by atoms with Crippen LogP contribution in [0.25, 0.3) is 0 Å². The first-order chi connectivity index (χ1) is 9.26. The van der Waals surface area contributed by atoms with E-state index in [1.165, 1.54) is 0 Å². The molecule has 100 valence electrons. The smallest absolute Gasteiger partial charge is 0.268 e. The standard InChI is InChI=1S/C14H16N2O3/c1-19-13-7-3-2-5-10(13)12(9-17)16-14(18)11-6-4-8-15-11/h2-8,12,15,17H,9H2,1H3,(H,16,18). The van der Waals surface area contributed by atoms with E-state index in [2.05, 4.69) is 10.3 Å². The van der Waals surface area contributed by atoms with E-state index >= 15 is 0 Å². The molecule has 1 aromatic heterocycles. The summed E-state index contributed by atoms with van der Waals surface area (Å²) >= 11 is 0. The van der Waals surface area contributed by atoms with E-state index in [9.17, 15) is 9.90 Å². The van der Waals surface area contributed by atoms with Crippen LogP contribution in [0.3, 0.4) is 0 Å². The SMILES string of the molecule is COc1ccccc1C(CO)NC(=O)c1ccc[nH]1. The van der Waals surface area contributed by atoms with Gasteiger partial charge in [0.15, 0.2) is 0 Å². The molecule has 1 aromatic carbocycles. The molecule has 3 N–H and O–H groups in total. The second-order valence-electron chi connectivity index (χ2n) is 4.03. The van der Waals surface area contributed by atoms with Gasteiger partial charge in [0.1, 0.15) is 11.4 Å². The minimum atomic E-state index is -0.507. The normalized spacial score (nSPS) is 11.9. The Morgan fingerprint density at radius 2 is 2.16 bits per heavy atom. The number of carbonyl (C=O) groups is 1. The van der Waals surface area contributed by atoms with Gasteiger partial charge < -0.3 is 20.1 Å². The predicted octanol–water partition coefficient (Wildman–Crippen LogP) is 1.49. The Balaban J connectivity index is 2.18. The molecule has 0 fully saturated rings. The third kappa shape index (κ3) is 2.95. The Morgan fingerprint density at radius 3 is 2.79 bits per heavy atom. The Bertz CT molecular complexity index is 537. The van der Waals surface area contributed by atoms with E-state index in [0.717, 1.165) is 5.56 Å². The Labute approximate surface area is 111 Å². The fourth-order valence-corrected chi connectivity index (χ4v) is 1.88. The lowest BCUT2D eigenvalue weighted by molar-refractivity contribution is 0.0911. The number of methoxy groups -OCH3 is 1. The van der Waals surface area contributed by atoms with Crippen LogP contribution in [0.15, 0.2) is 42.6 Å². The summed E-state index contributed by atoms with van der Waals surface area (Å²) in [5, 5.41) is 12.2. The number of aromatic amines is 1. The zero-order chi connectivity index (χ0) is 13.7. The van der Waals surface area contributed by atoms with Crippen molar-refractivity contribution in [1.29, 1.82) is 0 Å². The van der Waals surface area contributed by atoms with Crippen LogP contribution >= 0.6 is 0 Å². The van der Waals surface area contributed by atoms with Gasteiger partial charge >= 0.3 is 0 Å². The topological polar surface area (TPSA) is 74.3 Å². The summed E-state index contributed by atoms with van der Waals surface area (Å²) in [5.41, 5.74) is 1.20. The average molecular weight is 260 g/mol. The van der Waals surface area contributed by atoms with Gasteiger partial charge in [-0.25, -0.2) is 0 Å². The van der Waals surface area contributed by atoms with Crippen molar-refractivity contribution >= 4 is 5.91 Å². The number of hydrogen-bond donors (Lipinski definition) is 3.